The van der Waals surface area contributed by atoms with Gasteiger partial charge < -0.3 is 10.1 Å². The van der Waals surface area contributed by atoms with Gasteiger partial charge in [-0.3, -0.25) is 9.78 Å². The van der Waals surface area contributed by atoms with E-state index < -0.39 is 0 Å². The highest BCUT2D eigenvalue weighted by molar-refractivity contribution is 5.72. The van der Waals surface area contributed by atoms with Gasteiger partial charge in [0.1, 0.15) is 11.5 Å². The van der Waals surface area contributed by atoms with Crippen molar-refractivity contribution in [3.8, 4) is 11.5 Å². The lowest BCUT2D eigenvalue weighted by atomic mass is 10.2. The predicted octanol–water partition coefficient (Wildman–Crippen LogP) is 2.93. The van der Waals surface area contributed by atoms with E-state index in [2.05, 4.69) is 10.3 Å². The third-order valence-corrected chi connectivity index (χ3v) is 2.23. The van der Waals surface area contributed by atoms with Gasteiger partial charge in [0.15, 0.2) is 0 Å². The van der Waals surface area contributed by atoms with E-state index in [1.807, 2.05) is 43.3 Å². The summed E-state index contributed by atoms with van der Waals surface area (Å²) < 4.78 is 5.62. The number of hydrogen-bond acceptors (Lipinski definition) is 3. The van der Waals surface area contributed by atoms with Crippen LogP contribution in [0.5, 0.6) is 11.5 Å². The van der Waals surface area contributed by atoms with E-state index in [0.717, 1.165) is 11.5 Å². The molecule has 0 bridgehead atoms. The quantitative estimate of drug-likeness (QED) is 0.901. The molecule has 2 rings (SSSR count). The number of rotatable bonds is 2. The monoisotopic (exact) mass is 258 g/mol. The zero-order chi connectivity index (χ0) is 14.1. The molecule has 19 heavy (non-hydrogen) atoms. The van der Waals surface area contributed by atoms with Crippen LogP contribution in [-0.4, -0.2) is 17.9 Å². The Balaban J connectivity index is 0.000000312. The smallest absolute Gasteiger partial charge is 0.216 e. The van der Waals surface area contributed by atoms with Crippen LogP contribution in [0.4, 0.5) is 0 Å². The minimum absolute atomic E-state index is 0.00463. The van der Waals surface area contributed by atoms with Gasteiger partial charge in [-0.05, 0) is 36.8 Å². The lowest BCUT2D eigenvalue weighted by molar-refractivity contribution is -0.118. The van der Waals surface area contributed by atoms with Crippen molar-refractivity contribution < 1.29 is 9.53 Å². The number of pyridine rings is 1. The second-order valence-corrected chi connectivity index (χ2v) is 3.91. The number of hydrogen-bond donors (Lipinski definition) is 1. The van der Waals surface area contributed by atoms with E-state index in [4.69, 9.17) is 4.74 Å². The second kappa shape index (κ2) is 7.87. The lowest BCUT2D eigenvalue weighted by Gasteiger charge is -2.05. The van der Waals surface area contributed by atoms with Gasteiger partial charge in [-0.15, -0.1) is 0 Å². The molecule has 1 aromatic carbocycles. The fourth-order valence-electron chi connectivity index (χ4n) is 1.22. The first kappa shape index (κ1) is 14.7. The molecular weight excluding hydrogens is 240 g/mol. The first-order valence-electron chi connectivity index (χ1n) is 5.94. The molecular formula is C15H18N2O2. The van der Waals surface area contributed by atoms with Crippen molar-refractivity contribution in [3.63, 3.8) is 0 Å². The number of ether oxygens (including phenoxy) is 1. The number of carbonyl (C=O) groups excluding carboxylic acids is 1. The molecule has 0 unspecified atom stereocenters. The third-order valence-electron chi connectivity index (χ3n) is 2.23. The van der Waals surface area contributed by atoms with Crippen molar-refractivity contribution in [2.75, 3.05) is 7.05 Å². The summed E-state index contributed by atoms with van der Waals surface area (Å²) in [4.78, 5) is 13.6. The van der Waals surface area contributed by atoms with Gasteiger partial charge >= 0.3 is 0 Å². The maximum absolute atomic E-state index is 9.70. The van der Waals surface area contributed by atoms with E-state index in [-0.39, 0.29) is 5.91 Å². The molecule has 4 heteroatoms. The molecule has 2 aromatic rings. The van der Waals surface area contributed by atoms with Gasteiger partial charge in [-0.1, -0.05) is 12.1 Å². The Hall–Kier alpha value is -2.36. The number of amides is 1. The van der Waals surface area contributed by atoms with Crippen molar-refractivity contribution >= 4 is 5.91 Å². The van der Waals surface area contributed by atoms with E-state index in [9.17, 15) is 4.79 Å². The van der Waals surface area contributed by atoms with Crippen LogP contribution < -0.4 is 10.1 Å². The summed E-state index contributed by atoms with van der Waals surface area (Å²) in [5.41, 5.74) is 1.19. The topological polar surface area (TPSA) is 51.2 Å². The molecule has 0 radical (unpaired) electrons. The van der Waals surface area contributed by atoms with Crippen LogP contribution in [0.15, 0.2) is 48.8 Å². The molecule has 0 saturated carbocycles. The van der Waals surface area contributed by atoms with Gasteiger partial charge in [-0.25, -0.2) is 0 Å². The second-order valence-electron chi connectivity index (χ2n) is 3.91. The van der Waals surface area contributed by atoms with E-state index >= 15 is 0 Å². The Bertz CT molecular complexity index is 513. The van der Waals surface area contributed by atoms with E-state index in [0.29, 0.717) is 0 Å². The molecule has 4 nitrogen and oxygen atoms in total. The highest BCUT2D eigenvalue weighted by Gasteiger charge is 1.95. The van der Waals surface area contributed by atoms with Crippen LogP contribution in [0.3, 0.4) is 0 Å². The van der Waals surface area contributed by atoms with Crippen LogP contribution in [0.2, 0.25) is 0 Å². The molecule has 0 aliphatic carbocycles. The summed E-state index contributed by atoms with van der Waals surface area (Å²) in [7, 11) is 1.60. The molecule has 0 fully saturated rings. The molecule has 1 aromatic heterocycles. The molecule has 0 saturated heterocycles. The standard InChI is InChI=1S/C12H11NO.C3H7NO/c1-10-3-2-4-12(9-10)14-11-5-7-13-8-6-11;1-3(5)4-2/h2-9H,1H3;1-2H3,(H,4,5). The first-order chi connectivity index (χ1) is 9.11. The molecule has 0 atom stereocenters. The van der Waals surface area contributed by atoms with Gasteiger partial charge in [-0.2, -0.15) is 0 Å². The summed E-state index contributed by atoms with van der Waals surface area (Å²) in [5, 5.41) is 2.39. The zero-order valence-electron chi connectivity index (χ0n) is 11.4. The molecule has 1 heterocycles. The van der Waals surface area contributed by atoms with Crippen molar-refractivity contribution in [1.29, 1.82) is 0 Å². The summed E-state index contributed by atoms with van der Waals surface area (Å²) >= 11 is 0. The fourth-order valence-corrected chi connectivity index (χ4v) is 1.22. The minimum atomic E-state index is 0.00463. The molecule has 0 aliphatic heterocycles. The average Bonchev–Trinajstić information content (AvgIpc) is 2.40. The molecule has 0 spiro atoms. The number of aromatic nitrogens is 1. The van der Waals surface area contributed by atoms with Gasteiger partial charge in [0, 0.05) is 26.4 Å². The van der Waals surface area contributed by atoms with Crippen molar-refractivity contribution in [3.05, 3.63) is 54.4 Å². The number of carbonyl (C=O) groups is 1. The van der Waals surface area contributed by atoms with Gasteiger partial charge in [0.25, 0.3) is 0 Å². The van der Waals surface area contributed by atoms with Crippen LogP contribution in [0.1, 0.15) is 12.5 Å². The average molecular weight is 258 g/mol. The Morgan fingerprint density at radius 3 is 2.32 bits per heavy atom. The summed E-state index contributed by atoms with van der Waals surface area (Å²) in [6, 6.07) is 11.6. The van der Waals surface area contributed by atoms with Crippen molar-refractivity contribution in [2.45, 2.75) is 13.8 Å². The normalized spacial score (nSPS) is 9.00. The van der Waals surface area contributed by atoms with Crippen LogP contribution in [0, 0.1) is 6.92 Å². The lowest BCUT2D eigenvalue weighted by Crippen LogP contribution is -2.11. The molecule has 1 amide bonds. The maximum atomic E-state index is 9.70. The predicted molar refractivity (Wildman–Crippen MR) is 75.2 cm³/mol. The SMILES string of the molecule is CNC(C)=O.Cc1cccc(Oc2ccncc2)c1. The number of aryl methyl sites for hydroxylation is 1. The highest BCUT2D eigenvalue weighted by Crippen LogP contribution is 2.20. The zero-order valence-corrected chi connectivity index (χ0v) is 11.4. The summed E-state index contributed by atoms with van der Waals surface area (Å²) in [6.45, 7) is 3.51. The van der Waals surface area contributed by atoms with Crippen LogP contribution >= 0.6 is 0 Å². The molecule has 1 N–H and O–H groups in total. The van der Waals surface area contributed by atoms with Crippen LogP contribution in [0.25, 0.3) is 0 Å². The minimum Gasteiger partial charge on any atom is -0.457 e. The first-order valence-corrected chi connectivity index (χ1v) is 5.94. The van der Waals surface area contributed by atoms with Crippen molar-refractivity contribution in [1.82, 2.24) is 10.3 Å². The summed E-state index contributed by atoms with van der Waals surface area (Å²) in [6.07, 6.45) is 3.43. The molecule has 0 aliphatic rings. The molecule has 100 valence electrons. The van der Waals surface area contributed by atoms with Crippen molar-refractivity contribution in [2.24, 2.45) is 0 Å². The summed E-state index contributed by atoms with van der Waals surface area (Å²) in [5.74, 6) is 1.67. The third kappa shape index (κ3) is 6.21. The Morgan fingerprint density at radius 1 is 1.16 bits per heavy atom. The van der Waals surface area contributed by atoms with E-state index in [1.54, 1.807) is 19.4 Å². The van der Waals surface area contributed by atoms with Crippen LogP contribution in [-0.2, 0) is 4.79 Å². The highest BCUT2D eigenvalue weighted by atomic mass is 16.5. The Labute approximate surface area is 113 Å². The number of benzene rings is 1. The number of nitrogens with zero attached hydrogens (tertiary/aromatic N) is 1. The van der Waals surface area contributed by atoms with Gasteiger partial charge in [0.05, 0.1) is 0 Å². The Morgan fingerprint density at radius 2 is 1.79 bits per heavy atom. The Kier molecular flexibility index (Phi) is 6.09. The fraction of sp³-hybridized carbons (Fsp3) is 0.200. The maximum Gasteiger partial charge on any atom is 0.216 e. The number of nitrogens with one attached hydrogen (secondary N) is 1. The van der Waals surface area contributed by atoms with Gasteiger partial charge in [0.2, 0.25) is 5.91 Å². The largest absolute Gasteiger partial charge is 0.457 e. The van der Waals surface area contributed by atoms with E-state index in [1.165, 1.54) is 12.5 Å².